The van der Waals surface area contributed by atoms with Crippen molar-refractivity contribution >= 4 is 10.2 Å². The van der Waals surface area contributed by atoms with Gasteiger partial charge in [-0.1, -0.05) is 13.8 Å². The van der Waals surface area contributed by atoms with Crippen LogP contribution < -0.4 is 9.44 Å². The highest BCUT2D eigenvalue weighted by Gasteiger charge is 2.27. The summed E-state index contributed by atoms with van der Waals surface area (Å²) in [6, 6.07) is 0. The lowest BCUT2D eigenvalue weighted by molar-refractivity contribution is 0.403. The Morgan fingerprint density at radius 3 is 1.33 bits per heavy atom. The van der Waals surface area contributed by atoms with Crippen molar-refractivity contribution < 1.29 is 8.42 Å². The molecule has 5 heteroatoms. The SMILES string of the molecule is CCC(C)(C)NS(=O)(=O)NC(C)(C)CC. The lowest BCUT2D eigenvalue weighted by Gasteiger charge is -2.29. The van der Waals surface area contributed by atoms with Crippen LogP contribution in [-0.2, 0) is 10.2 Å². The van der Waals surface area contributed by atoms with Crippen LogP contribution in [0.1, 0.15) is 54.4 Å². The predicted molar refractivity (Wildman–Crippen MR) is 63.9 cm³/mol. The van der Waals surface area contributed by atoms with Crippen LogP contribution in [0.4, 0.5) is 0 Å². The van der Waals surface area contributed by atoms with E-state index in [0.29, 0.717) is 0 Å². The van der Waals surface area contributed by atoms with Crippen LogP contribution in [0.15, 0.2) is 0 Å². The third kappa shape index (κ3) is 6.12. The summed E-state index contributed by atoms with van der Waals surface area (Å²) < 4.78 is 28.8. The van der Waals surface area contributed by atoms with Gasteiger partial charge in [0.2, 0.25) is 0 Å². The molecule has 0 atom stereocenters. The van der Waals surface area contributed by atoms with E-state index in [1.54, 1.807) is 0 Å². The molecule has 0 bridgehead atoms. The van der Waals surface area contributed by atoms with Gasteiger partial charge in [-0.3, -0.25) is 0 Å². The maximum Gasteiger partial charge on any atom is 0.277 e. The fraction of sp³-hybridized carbons (Fsp3) is 1.00. The van der Waals surface area contributed by atoms with Gasteiger partial charge in [0.25, 0.3) is 10.2 Å². The Morgan fingerprint density at radius 2 is 1.13 bits per heavy atom. The van der Waals surface area contributed by atoms with Gasteiger partial charge in [0.15, 0.2) is 0 Å². The first-order valence-corrected chi connectivity index (χ1v) is 6.85. The second-order valence-electron chi connectivity index (χ2n) is 5.18. The van der Waals surface area contributed by atoms with E-state index >= 15 is 0 Å². The first-order chi connectivity index (χ1) is 6.54. The molecule has 15 heavy (non-hydrogen) atoms. The van der Waals surface area contributed by atoms with Gasteiger partial charge in [0.1, 0.15) is 0 Å². The molecular formula is C10H24N2O2S. The predicted octanol–water partition coefficient (Wildman–Crippen LogP) is 1.79. The average Bonchev–Trinajstić information content (AvgIpc) is 2.00. The first-order valence-electron chi connectivity index (χ1n) is 5.36. The third-order valence-corrected chi connectivity index (χ3v) is 4.23. The summed E-state index contributed by atoms with van der Waals surface area (Å²) in [4.78, 5) is 0. The van der Waals surface area contributed by atoms with E-state index in [4.69, 9.17) is 0 Å². The molecule has 0 aliphatic rings. The second-order valence-corrected chi connectivity index (χ2v) is 6.60. The monoisotopic (exact) mass is 236 g/mol. The maximum atomic E-state index is 11.8. The standard InChI is InChI=1S/C10H24N2O2S/c1-7-9(3,4)11-15(13,14)12-10(5,6)8-2/h11-12H,7-8H2,1-6H3. The minimum Gasteiger partial charge on any atom is -0.197 e. The molecule has 0 aromatic heterocycles. The molecule has 0 fully saturated rings. The maximum absolute atomic E-state index is 11.8. The molecular weight excluding hydrogens is 212 g/mol. The van der Waals surface area contributed by atoms with Crippen LogP contribution in [0.3, 0.4) is 0 Å². The number of rotatable bonds is 6. The molecule has 0 aliphatic carbocycles. The Bertz CT molecular complexity index is 271. The largest absolute Gasteiger partial charge is 0.277 e. The molecule has 0 heterocycles. The molecule has 0 spiro atoms. The molecule has 0 saturated heterocycles. The minimum atomic E-state index is -3.42. The fourth-order valence-corrected chi connectivity index (χ4v) is 2.69. The van der Waals surface area contributed by atoms with Gasteiger partial charge in [-0.15, -0.1) is 0 Å². The van der Waals surface area contributed by atoms with E-state index in [9.17, 15) is 8.42 Å². The zero-order chi connectivity index (χ0) is 12.3. The molecule has 0 aliphatic heterocycles. The smallest absolute Gasteiger partial charge is 0.197 e. The molecule has 0 saturated carbocycles. The highest BCUT2D eigenvalue weighted by molar-refractivity contribution is 7.87. The topological polar surface area (TPSA) is 58.2 Å². The van der Waals surface area contributed by atoms with Crippen molar-refractivity contribution in [2.75, 3.05) is 0 Å². The van der Waals surface area contributed by atoms with Crippen molar-refractivity contribution in [1.82, 2.24) is 9.44 Å². The molecule has 2 N–H and O–H groups in total. The van der Waals surface area contributed by atoms with Gasteiger partial charge < -0.3 is 0 Å². The summed E-state index contributed by atoms with van der Waals surface area (Å²) in [7, 11) is -3.42. The fourth-order valence-electron chi connectivity index (χ4n) is 0.897. The lowest BCUT2D eigenvalue weighted by atomic mass is 10.0. The van der Waals surface area contributed by atoms with Crippen LogP contribution in [0, 0.1) is 0 Å². The zero-order valence-corrected chi connectivity index (χ0v) is 11.5. The van der Waals surface area contributed by atoms with Crippen molar-refractivity contribution in [3.8, 4) is 0 Å². The van der Waals surface area contributed by atoms with Gasteiger partial charge in [0.05, 0.1) is 0 Å². The highest BCUT2D eigenvalue weighted by Crippen LogP contribution is 2.12. The summed E-state index contributed by atoms with van der Waals surface area (Å²) in [5.41, 5.74) is -0.814. The first kappa shape index (κ1) is 14.9. The second kappa shape index (κ2) is 4.80. The number of hydrogen-bond donors (Lipinski definition) is 2. The molecule has 4 nitrogen and oxygen atoms in total. The van der Waals surface area contributed by atoms with E-state index in [2.05, 4.69) is 9.44 Å². The normalized spacial score (nSPS) is 14.3. The highest BCUT2D eigenvalue weighted by atomic mass is 32.2. The van der Waals surface area contributed by atoms with Crippen LogP contribution in [0.2, 0.25) is 0 Å². The van der Waals surface area contributed by atoms with Crippen LogP contribution in [-0.4, -0.2) is 19.5 Å². The van der Waals surface area contributed by atoms with Crippen molar-refractivity contribution in [2.45, 2.75) is 65.5 Å². The van der Waals surface area contributed by atoms with Crippen molar-refractivity contribution in [3.63, 3.8) is 0 Å². The molecule has 92 valence electrons. The van der Waals surface area contributed by atoms with Crippen LogP contribution >= 0.6 is 0 Å². The zero-order valence-electron chi connectivity index (χ0n) is 10.6. The summed E-state index contributed by atoms with van der Waals surface area (Å²) in [5.74, 6) is 0. The Kier molecular flexibility index (Phi) is 4.76. The Labute approximate surface area is 94.0 Å². The van der Waals surface area contributed by atoms with Crippen molar-refractivity contribution in [3.05, 3.63) is 0 Å². The van der Waals surface area contributed by atoms with Gasteiger partial charge in [-0.05, 0) is 40.5 Å². The minimum absolute atomic E-state index is 0.407. The Hall–Kier alpha value is -0.130. The van der Waals surface area contributed by atoms with E-state index in [0.717, 1.165) is 12.8 Å². The van der Waals surface area contributed by atoms with E-state index in [1.165, 1.54) is 0 Å². The summed E-state index contributed by atoms with van der Waals surface area (Å²) in [6.07, 6.45) is 1.50. The number of hydrogen-bond acceptors (Lipinski definition) is 2. The van der Waals surface area contributed by atoms with E-state index in [1.807, 2.05) is 41.5 Å². The van der Waals surface area contributed by atoms with Crippen LogP contribution in [0.25, 0.3) is 0 Å². The molecule has 0 aromatic carbocycles. The van der Waals surface area contributed by atoms with Gasteiger partial charge >= 0.3 is 0 Å². The van der Waals surface area contributed by atoms with Gasteiger partial charge in [0, 0.05) is 11.1 Å². The third-order valence-electron chi connectivity index (χ3n) is 2.59. The number of nitrogens with one attached hydrogen (secondary N) is 2. The summed E-state index contributed by atoms with van der Waals surface area (Å²) in [6.45, 7) is 11.4. The molecule has 0 aromatic rings. The quantitative estimate of drug-likeness (QED) is 0.738. The van der Waals surface area contributed by atoms with E-state index < -0.39 is 21.3 Å². The lowest BCUT2D eigenvalue weighted by Crippen LogP contribution is -2.54. The molecule has 0 unspecified atom stereocenters. The van der Waals surface area contributed by atoms with Crippen molar-refractivity contribution in [1.29, 1.82) is 0 Å². The van der Waals surface area contributed by atoms with Gasteiger partial charge in [-0.25, -0.2) is 0 Å². The van der Waals surface area contributed by atoms with Gasteiger partial charge in [-0.2, -0.15) is 17.9 Å². The Morgan fingerprint density at radius 1 is 0.867 bits per heavy atom. The van der Waals surface area contributed by atoms with E-state index in [-0.39, 0.29) is 0 Å². The molecule has 0 rings (SSSR count). The molecule has 0 radical (unpaired) electrons. The average molecular weight is 236 g/mol. The molecule has 0 amide bonds. The Balaban J connectivity index is 4.59. The summed E-state index contributed by atoms with van der Waals surface area (Å²) in [5, 5.41) is 0. The van der Waals surface area contributed by atoms with Crippen LogP contribution in [0.5, 0.6) is 0 Å². The van der Waals surface area contributed by atoms with Crippen molar-refractivity contribution in [2.24, 2.45) is 0 Å². The summed E-state index contributed by atoms with van der Waals surface area (Å²) >= 11 is 0.